The summed E-state index contributed by atoms with van der Waals surface area (Å²) in [7, 11) is -2.81. The van der Waals surface area contributed by atoms with Crippen LogP contribution in [0.4, 0.5) is 17.3 Å². The number of rotatable bonds is 1. The third kappa shape index (κ3) is 5.30. The molecule has 18 heavy (non-hydrogen) atoms. The molecule has 0 spiro atoms. The lowest BCUT2D eigenvalue weighted by atomic mass is 10.1. The van der Waals surface area contributed by atoms with Gasteiger partial charge in [-0.15, -0.1) is 0 Å². The van der Waals surface area contributed by atoms with E-state index in [1.807, 2.05) is 0 Å². The van der Waals surface area contributed by atoms with Crippen LogP contribution in [0.1, 0.15) is 19.3 Å². The number of halogens is 4. The first-order valence-corrected chi connectivity index (χ1v) is 6.87. The molecule has 0 amide bonds. The number of hydrogen-bond acceptors (Lipinski definition) is 3. The van der Waals surface area contributed by atoms with E-state index in [4.69, 9.17) is 4.74 Å². The van der Waals surface area contributed by atoms with E-state index in [1.54, 1.807) is 0 Å². The number of ether oxygens (including phenoxy) is 1. The van der Waals surface area contributed by atoms with E-state index in [1.165, 1.54) is 19.3 Å². The molecule has 0 aromatic carbocycles. The fourth-order valence-corrected chi connectivity index (χ4v) is 2.83. The van der Waals surface area contributed by atoms with Gasteiger partial charge < -0.3 is 31.8 Å². The third-order valence-corrected chi connectivity index (χ3v) is 4.30. The SMILES string of the molecule is CN1C=CN(C2([SiH3])CCCCO2)C1.F[B-](F)(F)F. The van der Waals surface area contributed by atoms with Crippen molar-refractivity contribution in [1.29, 1.82) is 0 Å². The fourth-order valence-electron chi connectivity index (χ4n) is 1.98. The second kappa shape index (κ2) is 5.96. The fraction of sp³-hybridized carbons (Fsp3) is 0.778. The number of nitrogens with zero attached hydrogens (tertiary/aromatic N) is 2. The molecular formula is C9H18BF4N2OSi-. The molecule has 1 saturated heterocycles. The molecule has 2 aliphatic heterocycles. The van der Waals surface area contributed by atoms with E-state index >= 15 is 0 Å². The Bertz CT molecular complexity index is 291. The lowest BCUT2D eigenvalue weighted by Gasteiger charge is -2.42. The van der Waals surface area contributed by atoms with Crippen LogP contribution in [0.5, 0.6) is 0 Å². The average molecular weight is 285 g/mol. The summed E-state index contributed by atoms with van der Waals surface area (Å²) >= 11 is 0. The summed E-state index contributed by atoms with van der Waals surface area (Å²) in [5, 5.41) is 0.0828. The van der Waals surface area contributed by atoms with Crippen LogP contribution in [0.3, 0.4) is 0 Å². The summed E-state index contributed by atoms with van der Waals surface area (Å²) in [6.45, 7) is 1.93. The summed E-state index contributed by atoms with van der Waals surface area (Å²) in [5.74, 6) is 0. The maximum Gasteiger partial charge on any atom is 0.673 e. The normalized spacial score (nSPS) is 28.3. The van der Waals surface area contributed by atoms with Gasteiger partial charge in [-0.05, 0) is 19.3 Å². The van der Waals surface area contributed by atoms with Crippen molar-refractivity contribution in [2.75, 3.05) is 20.3 Å². The van der Waals surface area contributed by atoms with Crippen LogP contribution in [0.2, 0.25) is 0 Å². The van der Waals surface area contributed by atoms with Crippen molar-refractivity contribution in [3.63, 3.8) is 0 Å². The van der Waals surface area contributed by atoms with Crippen LogP contribution in [-0.4, -0.2) is 53.0 Å². The van der Waals surface area contributed by atoms with Crippen LogP contribution in [0, 0.1) is 0 Å². The predicted octanol–water partition coefficient (Wildman–Crippen LogP) is 1.18. The van der Waals surface area contributed by atoms with Crippen molar-refractivity contribution < 1.29 is 22.0 Å². The molecule has 3 nitrogen and oxygen atoms in total. The second-order valence-electron chi connectivity index (χ2n) is 4.64. The molecule has 1 fully saturated rings. The van der Waals surface area contributed by atoms with Crippen LogP contribution in [-0.2, 0) is 4.74 Å². The Morgan fingerprint density at radius 2 is 1.83 bits per heavy atom. The van der Waals surface area contributed by atoms with Crippen LogP contribution >= 0.6 is 0 Å². The van der Waals surface area contributed by atoms with Gasteiger partial charge in [-0.2, -0.15) is 0 Å². The first-order chi connectivity index (χ1) is 8.21. The minimum absolute atomic E-state index is 0.0828. The Morgan fingerprint density at radius 3 is 2.22 bits per heavy atom. The Labute approximate surface area is 107 Å². The molecule has 0 radical (unpaired) electrons. The molecule has 0 aliphatic carbocycles. The smallest absolute Gasteiger partial charge is 0.418 e. The lowest BCUT2D eigenvalue weighted by molar-refractivity contribution is -0.105. The van der Waals surface area contributed by atoms with Crippen molar-refractivity contribution in [3.05, 3.63) is 12.4 Å². The van der Waals surface area contributed by atoms with E-state index in [9.17, 15) is 17.3 Å². The molecule has 0 bridgehead atoms. The van der Waals surface area contributed by atoms with Gasteiger partial charge in [0.2, 0.25) is 0 Å². The summed E-state index contributed by atoms with van der Waals surface area (Å²) in [5.41, 5.74) is 0. The highest BCUT2D eigenvalue weighted by Crippen LogP contribution is 2.27. The van der Waals surface area contributed by atoms with Crippen molar-refractivity contribution in [2.45, 2.75) is 24.6 Å². The van der Waals surface area contributed by atoms with Crippen LogP contribution in [0.15, 0.2) is 12.4 Å². The van der Waals surface area contributed by atoms with Crippen molar-refractivity contribution in [3.8, 4) is 0 Å². The third-order valence-electron chi connectivity index (χ3n) is 2.93. The molecule has 106 valence electrons. The van der Waals surface area contributed by atoms with Gasteiger partial charge in [0.05, 0.1) is 16.9 Å². The van der Waals surface area contributed by atoms with E-state index in [0.29, 0.717) is 0 Å². The van der Waals surface area contributed by atoms with Gasteiger partial charge in [0.15, 0.2) is 0 Å². The van der Waals surface area contributed by atoms with Crippen LogP contribution < -0.4 is 0 Å². The Morgan fingerprint density at radius 1 is 1.22 bits per heavy atom. The van der Waals surface area contributed by atoms with E-state index < -0.39 is 7.25 Å². The van der Waals surface area contributed by atoms with E-state index in [-0.39, 0.29) is 5.35 Å². The average Bonchev–Trinajstić information content (AvgIpc) is 2.64. The molecule has 2 aliphatic rings. The van der Waals surface area contributed by atoms with Crippen molar-refractivity contribution >= 4 is 17.5 Å². The number of hydrogen-bond donors (Lipinski definition) is 0. The van der Waals surface area contributed by atoms with Gasteiger partial charge >= 0.3 is 7.25 Å². The summed E-state index contributed by atoms with van der Waals surface area (Å²) in [4.78, 5) is 4.54. The zero-order chi connectivity index (χ0) is 13.8. The predicted molar refractivity (Wildman–Crippen MR) is 66.3 cm³/mol. The van der Waals surface area contributed by atoms with Gasteiger partial charge in [0.1, 0.15) is 5.35 Å². The Balaban J connectivity index is 0.000000280. The van der Waals surface area contributed by atoms with Gasteiger partial charge in [0, 0.05) is 26.1 Å². The molecule has 9 heteroatoms. The van der Waals surface area contributed by atoms with E-state index in [0.717, 1.165) is 23.5 Å². The summed E-state index contributed by atoms with van der Waals surface area (Å²) in [6, 6.07) is 0. The highest BCUT2D eigenvalue weighted by Gasteiger charge is 2.34. The van der Waals surface area contributed by atoms with Gasteiger partial charge in [-0.25, -0.2) is 0 Å². The topological polar surface area (TPSA) is 15.7 Å². The summed E-state index contributed by atoms with van der Waals surface area (Å²) < 4.78 is 44.9. The molecule has 0 aromatic heterocycles. The van der Waals surface area contributed by atoms with Crippen molar-refractivity contribution in [1.82, 2.24) is 9.80 Å². The molecule has 1 unspecified atom stereocenters. The van der Waals surface area contributed by atoms with Gasteiger partial charge in [-0.3, -0.25) is 0 Å². The highest BCUT2D eigenvalue weighted by atomic mass is 28.1. The van der Waals surface area contributed by atoms with E-state index in [2.05, 4.69) is 29.2 Å². The minimum Gasteiger partial charge on any atom is -0.418 e. The zero-order valence-corrected chi connectivity index (χ0v) is 12.6. The maximum atomic E-state index is 9.75. The Hall–Kier alpha value is -0.698. The molecule has 0 saturated carbocycles. The lowest BCUT2D eigenvalue weighted by Crippen LogP contribution is -2.51. The first-order valence-electron chi connectivity index (χ1n) is 5.87. The Kier molecular flexibility index (Phi) is 5.09. The quantitative estimate of drug-likeness (QED) is 0.531. The minimum atomic E-state index is -6.00. The zero-order valence-electron chi connectivity index (χ0n) is 10.6. The second-order valence-corrected chi connectivity index (χ2v) is 6.20. The monoisotopic (exact) mass is 285 g/mol. The first kappa shape index (κ1) is 15.4. The highest BCUT2D eigenvalue weighted by molar-refractivity contribution is 6.50. The molecule has 0 aromatic rings. The molecular weight excluding hydrogens is 267 g/mol. The van der Waals surface area contributed by atoms with Crippen LogP contribution in [0.25, 0.3) is 0 Å². The largest absolute Gasteiger partial charge is 0.673 e. The maximum absolute atomic E-state index is 9.75. The molecule has 2 heterocycles. The standard InChI is InChI=1S/C9H18N2OSi.BF4/c1-10-5-6-11(8-10)9(13)4-2-3-7-12-9;2-1(3,4)5/h5-6H,2-4,7-8H2,1,13H3;/q;-1. The molecule has 0 N–H and O–H groups in total. The van der Waals surface area contributed by atoms with Gasteiger partial charge in [0.25, 0.3) is 0 Å². The van der Waals surface area contributed by atoms with Gasteiger partial charge in [-0.1, -0.05) is 0 Å². The molecule has 1 atom stereocenters. The van der Waals surface area contributed by atoms with Crippen molar-refractivity contribution in [2.24, 2.45) is 0 Å². The molecule has 2 rings (SSSR count). The summed E-state index contributed by atoms with van der Waals surface area (Å²) in [6.07, 6.45) is 8.04.